The lowest BCUT2D eigenvalue weighted by molar-refractivity contribution is -0.152. The van der Waals surface area contributed by atoms with Crippen molar-refractivity contribution >= 4 is 5.97 Å². The van der Waals surface area contributed by atoms with Gasteiger partial charge >= 0.3 is 5.97 Å². The smallest absolute Gasteiger partial charge is 0.309 e. The summed E-state index contributed by atoms with van der Waals surface area (Å²) in [6.07, 6.45) is 3.96. The van der Waals surface area contributed by atoms with E-state index in [0.29, 0.717) is 48.4 Å². The first-order chi connectivity index (χ1) is 10.2. The number of methoxy groups -OCH3 is 2. The number of rotatable bonds is 5. The van der Waals surface area contributed by atoms with Gasteiger partial charge in [0.1, 0.15) is 0 Å². The predicted molar refractivity (Wildman–Crippen MR) is 78.7 cm³/mol. The summed E-state index contributed by atoms with van der Waals surface area (Å²) in [4.78, 5) is 12.3. The molecule has 120 valence electrons. The summed E-state index contributed by atoms with van der Waals surface area (Å²) in [5, 5.41) is 0. The van der Waals surface area contributed by atoms with Crippen LogP contribution in [0.1, 0.15) is 33.1 Å². The minimum absolute atomic E-state index is 0.00876. The highest BCUT2D eigenvalue weighted by Gasteiger charge is 2.66. The molecule has 4 heteroatoms. The Kier molecular flexibility index (Phi) is 4.28. The molecule has 1 saturated heterocycles. The molecule has 0 radical (unpaired) electrons. The molecule has 2 saturated carbocycles. The molecule has 0 aromatic heterocycles. The van der Waals surface area contributed by atoms with Crippen LogP contribution in [0, 0.1) is 35.5 Å². The van der Waals surface area contributed by atoms with Crippen molar-refractivity contribution in [2.45, 2.75) is 45.3 Å². The van der Waals surface area contributed by atoms with Crippen molar-refractivity contribution in [1.29, 1.82) is 0 Å². The van der Waals surface area contributed by atoms with Crippen LogP contribution in [0.4, 0.5) is 0 Å². The Labute approximate surface area is 127 Å². The van der Waals surface area contributed by atoms with Gasteiger partial charge in [0.2, 0.25) is 0 Å². The average Bonchev–Trinajstić information content (AvgIpc) is 3.14. The summed E-state index contributed by atoms with van der Waals surface area (Å²) in [6.45, 7) is 5.08. The van der Waals surface area contributed by atoms with Crippen LogP contribution in [-0.4, -0.2) is 39.0 Å². The van der Waals surface area contributed by atoms with Crippen LogP contribution < -0.4 is 0 Å². The molecule has 8 unspecified atom stereocenters. The highest BCUT2D eigenvalue weighted by atomic mass is 16.5. The highest BCUT2D eigenvalue weighted by molar-refractivity contribution is 5.74. The lowest BCUT2D eigenvalue weighted by Crippen LogP contribution is -2.43. The van der Waals surface area contributed by atoms with Gasteiger partial charge in [0, 0.05) is 7.11 Å². The third kappa shape index (κ3) is 2.14. The van der Waals surface area contributed by atoms with Crippen LogP contribution in [0.5, 0.6) is 0 Å². The summed E-state index contributed by atoms with van der Waals surface area (Å²) in [6, 6.07) is 0. The topological polar surface area (TPSA) is 44.8 Å². The van der Waals surface area contributed by atoms with Crippen LogP contribution >= 0.6 is 0 Å². The van der Waals surface area contributed by atoms with E-state index in [1.807, 2.05) is 0 Å². The van der Waals surface area contributed by atoms with E-state index >= 15 is 0 Å². The number of esters is 1. The lowest BCUT2D eigenvalue weighted by Gasteiger charge is -2.38. The quantitative estimate of drug-likeness (QED) is 0.731. The molecule has 8 atom stereocenters. The molecule has 4 nitrogen and oxygen atoms in total. The second kappa shape index (κ2) is 5.88. The van der Waals surface area contributed by atoms with Crippen molar-refractivity contribution < 1.29 is 19.0 Å². The molecular formula is C17H28O4. The van der Waals surface area contributed by atoms with E-state index in [9.17, 15) is 4.79 Å². The lowest BCUT2D eigenvalue weighted by atomic mass is 9.66. The zero-order chi connectivity index (χ0) is 15.1. The normalized spacial score (nSPS) is 47.6. The fourth-order valence-electron chi connectivity index (χ4n) is 5.72. The average molecular weight is 296 g/mol. The minimum atomic E-state index is -0.0437. The first kappa shape index (κ1) is 15.3. The standard InChI is InChI=1S/C17H28O4/c1-5-12-15-9-7-10(16(15)13(6-2)21-12)14(17(18)20-4)11(9)8-19-3/h9-16H,5-8H2,1-4H3. The van der Waals surface area contributed by atoms with Gasteiger partial charge in [-0.15, -0.1) is 0 Å². The van der Waals surface area contributed by atoms with Crippen molar-refractivity contribution in [3.8, 4) is 0 Å². The maximum absolute atomic E-state index is 12.3. The van der Waals surface area contributed by atoms with E-state index in [4.69, 9.17) is 14.2 Å². The van der Waals surface area contributed by atoms with Gasteiger partial charge in [-0.2, -0.15) is 0 Å². The van der Waals surface area contributed by atoms with E-state index < -0.39 is 0 Å². The molecule has 3 fully saturated rings. The first-order valence-electron chi connectivity index (χ1n) is 8.40. The Morgan fingerprint density at radius 2 is 1.71 bits per heavy atom. The second-order valence-electron chi connectivity index (χ2n) is 6.92. The van der Waals surface area contributed by atoms with Gasteiger partial charge in [-0.1, -0.05) is 13.8 Å². The molecule has 3 rings (SSSR count). The van der Waals surface area contributed by atoms with Gasteiger partial charge in [-0.05, 0) is 48.9 Å². The predicted octanol–water partition coefficient (Wildman–Crippen LogP) is 2.51. The molecule has 21 heavy (non-hydrogen) atoms. The van der Waals surface area contributed by atoms with E-state index in [2.05, 4.69) is 13.8 Å². The van der Waals surface area contributed by atoms with Gasteiger partial charge in [-0.3, -0.25) is 4.79 Å². The maximum Gasteiger partial charge on any atom is 0.309 e. The van der Waals surface area contributed by atoms with Crippen molar-refractivity contribution in [2.75, 3.05) is 20.8 Å². The van der Waals surface area contributed by atoms with Crippen molar-refractivity contribution in [2.24, 2.45) is 35.5 Å². The van der Waals surface area contributed by atoms with Crippen LogP contribution in [-0.2, 0) is 19.0 Å². The van der Waals surface area contributed by atoms with Crippen LogP contribution in [0.25, 0.3) is 0 Å². The molecule has 0 amide bonds. The third-order valence-electron chi connectivity index (χ3n) is 6.30. The zero-order valence-electron chi connectivity index (χ0n) is 13.6. The van der Waals surface area contributed by atoms with Crippen LogP contribution in [0.3, 0.4) is 0 Å². The highest BCUT2D eigenvalue weighted by Crippen LogP contribution is 2.64. The number of fused-ring (bicyclic) bond motifs is 5. The van der Waals surface area contributed by atoms with Crippen LogP contribution in [0.15, 0.2) is 0 Å². The molecule has 2 bridgehead atoms. The van der Waals surface area contributed by atoms with E-state index in [1.165, 1.54) is 7.11 Å². The molecular weight excluding hydrogens is 268 g/mol. The fraction of sp³-hybridized carbons (Fsp3) is 0.941. The molecule has 0 aromatic rings. The monoisotopic (exact) mass is 296 g/mol. The summed E-state index contributed by atoms with van der Waals surface area (Å²) < 4.78 is 16.8. The maximum atomic E-state index is 12.3. The molecule has 0 spiro atoms. The summed E-state index contributed by atoms with van der Waals surface area (Å²) in [5.74, 6) is 2.42. The number of carbonyl (C=O) groups is 1. The van der Waals surface area contributed by atoms with Gasteiger partial charge in [0.15, 0.2) is 0 Å². The van der Waals surface area contributed by atoms with E-state index in [-0.39, 0.29) is 11.9 Å². The minimum Gasteiger partial charge on any atom is -0.469 e. The van der Waals surface area contributed by atoms with Crippen LogP contribution in [0.2, 0.25) is 0 Å². The molecule has 0 N–H and O–H groups in total. The largest absolute Gasteiger partial charge is 0.469 e. The van der Waals surface area contributed by atoms with E-state index in [1.54, 1.807) is 7.11 Å². The van der Waals surface area contributed by atoms with Crippen molar-refractivity contribution in [3.05, 3.63) is 0 Å². The van der Waals surface area contributed by atoms with Crippen molar-refractivity contribution in [1.82, 2.24) is 0 Å². The number of hydrogen-bond donors (Lipinski definition) is 0. The summed E-state index contributed by atoms with van der Waals surface area (Å²) >= 11 is 0. The second-order valence-corrected chi connectivity index (χ2v) is 6.92. The van der Waals surface area contributed by atoms with Gasteiger partial charge < -0.3 is 14.2 Å². The zero-order valence-corrected chi connectivity index (χ0v) is 13.6. The van der Waals surface area contributed by atoms with Gasteiger partial charge in [0.25, 0.3) is 0 Å². The Hall–Kier alpha value is -0.610. The SMILES string of the molecule is CCC1OC(CC)C2C3CC(C(COC)C3C(=O)OC)C12. The van der Waals surface area contributed by atoms with Gasteiger partial charge in [0.05, 0.1) is 31.8 Å². The Morgan fingerprint density at radius 3 is 2.24 bits per heavy atom. The van der Waals surface area contributed by atoms with E-state index in [0.717, 1.165) is 19.3 Å². The first-order valence-corrected chi connectivity index (χ1v) is 8.40. The summed E-state index contributed by atoms with van der Waals surface area (Å²) in [5.41, 5.74) is 0. The number of carbonyl (C=O) groups excluding carboxylic acids is 1. The Balaban J connectivity index is 1.90. The summed E-state index contributed by atoms with van der Waals surface area (Å²) in [7, 11) is 3.24. The Morgan fingerprint density at radius 1 is 1.10 bits per heavy atom. The fourth-order valence-corrected chi connectivity index (χ4v) is 5.72. The molecule has 2 aliphatic carbocycles. The van der Waals surface area contributed by atoms with Crippen molar-refractivity contribution in [3.63, 3.8) is 0 Å². The van der Waals surface area contributed by atoms with Gasteiger partial charge in [-0.25, -0.2) is 0 Å². The Bertz CT molecular complexity index is 396. The molecule has 0 aromatic carbocycles. The molecule has 3 aliphatic rings. The number of hydrogen-bond acceptors (Lipinski definition) is 4. The third-order valence-corrected chi connectivity index (χ3v) is 6.30. The molecule has 1 heterocycles. The molecule has 1 aliphatic heterocycles. The number of ether oxygens (including phenoxy) is 3.